The topological polar surface area (TPSA) is 216 Å². The number of nitrogens with one attached hydrogen (secondary N) is 7. The summed E-state index contributed by atoms with van der Waals surface area (Å²) < 4.78 is 0. The molecule has 0 aliphatic carbocycles. The maximum Gasteiger partial charge on any atom is 0.243 e. The number of benzene rings is 1. The average Bonchev–Trinajstić information content (AvgIpc) is 3.46. The summed E-state index contributed by atoms with van der Waals surface area (Å²) in [5.74, 6) is -3.83. The average molecular weight is 697 g/mol. The number of unbranched alkanes of at least 4 members (excludes halogenated alkanes) is 1. The molecule has 14 heteroatoms. The van der Waals surface area contributed by atoms with Crippen LogP contribution in [0.4, 0.5) is 0 Å². The van der Waals surface area contributed by atoms with Gasteiger partial charge in [-0.25, -0.2) is 0 Å². The molecule has 14 nitrogen and oxygen atoms in total. The van der Waals surface area contributed by atoms with Gasteiger partial charge in [0.05, 0.1) is 6.54 Å². The number of aromatic amines is 1. The number of carbonyl (C=O) groups excluding carboxylic acids is 6. The van der Waals surface area contributed by atoms with Crippen molar-refractivity contribution in [3.63, 3.8) is 0 Å². The van der Waals surface area contributed by atoms with E-state index in [1.165, 1.54) is 0 Å². The largest absolute Gasteiger partial charge is 0.361 e. The lowest BCUT2D eigenvalue weighted by molar-refractivity contribution is -0.136. The number of carbonyl (C=O) groups is 6. The fourth-order valence-electron chi connectivity index (χ4n) is 6.03. The molecule has 1 aliphatic heterocycles. The third-order valence-electron chi connectivity index (χ3n) is 8.68. The van der Waals surface area contributed by atoms with Crippen LogP contribution >= 0.6 is 0 Å². The van der Waals surface area contributed by atoms with Crippen LogP contribution in [0, 0.1) is 17.8 Å². The predicted molar refractivity (Wildman–Crippen MR) is 191 cm³/mol. The lowest BCUT2D eigenvalue weighted by Crippen LogP contribution is -2.61. The highest BCUT2D eigenvalue weighted by Gasteiger charge is 2.34. The van der Waals surface area contributed by atoms with Crippen molar-refractivity contribution in [2.24, 2.45) is 23.5 Å². The molecule has 2 aromatic rings. The third kappa shape index (κ3) is 11.9. The van der Waals surface area contributed by atoms with Crippen LogP contribution in [0.25, 0.3) is 10.9 Å². The summed E-state index contributed by atoms with van der Waals surface area (Å²) in [5, 5.41) is 17.4. The normalized spacial score (nSPS) is 23.5. The summed E-state index contributed by atoms with van der Waals surface area (Å²) in [6.45, 7) is 11.1. The molecule has 276 valence electrons. The van der Waals surface area contributed by atoms with Crippen molar-refractivity contribution in [3.8, 4) is 0 Å². The van der Waals surface area contributed by atoms with Gasteiger partial charge in [0.25, 0.3) is 0 Å². The summed E-state index contributed by atoms with van der Waals surface area (Å²) in [6, 6.07) is 2.39. The summed E-state index contributed by atoms with van der Waals surface area (Å²) in [7, 11) is 0. The SMILES string of the molecule is CC(C)C[C@@H]1NC(=O)[C@H](Cc2c[nH]c3ccccc23)NC(=O)CNC(=O)[C@H](CCCCN)NC(=O)[C@H](C(C)C)NC(=O)[C@@H](CC(C)C)NC1=O. The van der Waals surface area contributed by atoms with Gasteiger partial charge in [0, 0.05) is 23.5 Å². The molecule has 1 saturated heterocycles. The van der Waals surface area contributed by atoms with Crippen LogP contribution < -0.4 is 37.6 Å². The number of amides is 6. The molecular weight excluding hydrogens is 640 g/mol. The van der Waals surface area contributed by atoms with Gasteiger partial charge in [-0.1, -0.05) is 59.7 Å². The molecule has 2 heterocycles. The first-order valence-electron chi connectivity index (χ1n) is 17.7. The molecule has 5 atom stereocenters. The number of para-hydroxylation sites is 1. The lowest BCUT2D eigenvalue weighted by Gasteiger charge is -2.30. The Labute approximate surface area is 294 Å². The molecule has 0 unspecified atom stereocenters. The number of hydrogen-bond acceptors (Lipinski definition) is 7. The minimum atomic E-state index is -1.11. The number of rotatable bonds is 11. The van der Waals surface area contributed by atoms with Crippen molar-refractivity contribution in [1.82, 2.24) is 36.9 Å². The molecule has 1 aromatic carbocycles. The predicted octanol–water partition coefficient (Wildman–Crippen LogP) is 1.14. The van der Waals surface area contributed by atoms with Gasteiger partial charge in [-0.2, -0.15) is 0 Å². The number of aromatic nitrogens is 1. The summed E-state index contributed by atoms with van der Waals surface area (Å²) in [6.07, 6.45) is 3.80. The summed E-state index contributed by atoms with van der Waals surface area (Å²) in [4.78, 5) is 85.0. The lowest BCUT2D eigenvalue weighted by atomic mass is 9.97. The van der Waals surface area contributed by atoms with Crippen molar-refractivity contribution in [3.05, 3.63) is 36.0 Å². The molecule has 9 N–H and O–H groups in total. The van der Waals surface area contributed by atoms with Crippen LogP contribution in [0.3, 0.4) is 0 Å². The molecule has 0 saturated carbocycles. The molecule has 3 rings (SSSR count). The molecule has 0 radical (unpaired) electrons. The van der Waals surface area contributed by atoms with Gasteiger partial charge < -0.3 is 42.6 Å². The van der Waals surface area contributed by atoms with Crippen LogP contribution in [0.15, 0.2) is 30.5 Å². The second kappa shape index (κ2) is 19.1. The fourth-order valence-corrected chi connectivity index (χ4v) is 6.03. The summed E-state index contributed by atoms with van der Waals surface area (Å²) >= 11 is 0. The van der Waals surface area contributed by atoms with Gasteiger partial charge in [-0.15, -0.1) is 0 Å². The van der Waals surface area contributed by atoms with E-state index in [1.807, 2.05) is 52.0 Å². The first kappa shape index (κ1) is 40.0. The summed E-state index contributed by atoms with van der Waals surface area (Å²) in [5.41, 5.74) is 7.29. The molecular formula is C36H56N8O6. The van der Waals surface area contributed by atoms with E-state index in [9.17, 15) is 28.8 Å². The van der Waals surface area contributed by atoms with E-state index in [0.29, 0.717) is 19.4 Å². The Morgan fingerprint density at radius 3 is 1.86 bits per heavy atom. The van der Waals surface area contributed by atoms with Crippen molar-refractivity contribution < 1.29 is 28.8 Å². The Morgan fingerprint density at radius 1 is 0.680 bits per heavy atom. The van der Waals surface area contributed by atoms with Gasteiger partial charge in [0.2, 0.25) is 35.4 Å². The zero-order chi connectivity index (χ0) is 37.0. The monoisotopic (exact) mass is 696 g/mol. The number of fused-ring (bicyclic) bond motifs is 1. The first-order valence-corrected chi connectivity index (χ1v) is 17.7. The Balaban J connectivity index is 2.02. The zero-order valence-electron chi connectivity index (χ0n) is 30.2. The fraction of sp³-hybridized carbons (Fsp3) is 0.611. The van der Waals surface area contributed by atoms with Crippen LogP contribution in [0.5, 0.6) is 0 Å². The third-order valence-corrected chi connectivity index (χ3v) is 8.68. The standard InChI is InChI=1S/C36H56N8O6/c1-20(2)15-27-33(47)43-28(16-21(3)4)35(49)44-31(22(5)6)36(50)41-26(13-9-10-14-37)32(46)39-19-30(45)40-29(34(48)42-27)17-23-18-38-25-12-8-7-11-24(23)25/h7-8,11-12,18,20-22,26-29,31,38H,9-10,13-17,19,37H2,1-6H3,(H,39,46)(H,40,45)(H,41,50)(H,42,48)(H,43,47)(H,44,49)/t26-,27-,28+,29-,31-/m0/s1. The van der Waals surface area contributed by atoms with Crippen molar-refractivity contribution in [2.75, 3.05) is 13.1 Å². The molecule has 0 spiro atoms. The zero-order valence-corrected chi connectivity index (χ0v) is 30.2. The highest BCUT2D eigenvalue weighted by atomic mass is 16.2. The van der Waals surface area contributed by atoms with Crippen molar-refractivity contribution >= 4 is 46.3 Å². The van der Waals surface area contributed by atoms with E-state index in [2.05, 4.69) is 36.9 Å². The quantitative estimate of drug-likeness (QED) is 0.160. The van der Waals surface area contributed by atoms with Gasteiger partial charge in [-0.05, 0) is 68.0 Å². The number of nitrogens with two attached hydrogens (primary N) is 1. The molecule has 1 aromatic heterocycles. The van der Waals surface area contributed by atoms with Crippen LogP contribution in [0.1, 0.15) is 79.2 Å². The van der Waals surface area contributed by atoms with Crippen molar-refractivity contribution in [1.29, 1.82) is 0 Å². The number of H-pyrrole nitrogens is 1. The Kier molecular flexibility index (Phi) is 15.2. The highest BCUT2D eigenvalue weighted by molar-refractivity contribution is 5.98. The maximum absolute atomic E-state index is 14.0. The molecule has 0 bridgehead atoms. The van der Waals surface area contributed by atoms with E-state index < -0.39 is 72.2 Å². The molecule has 6 amide bonds. The van der Waals surface area contributed by atoms with E-state index in [4.69, 9.17) is 5.73 Å². The van der Waals surface area contributed by atoms with Crippen molar-refractivity contribution in [2.45, 2.75) is 110 Å². The smallest absolute Gasteiger partial charge is 0.243 e. The van der Waals surface area contributed by atoms with Gasteiger partial charge >= 0.3 is 0 Å². The maximum atomic E-state index is 14.0. The first-order chi connectivity index (χ1) is 23.7. The van der Waals surface area contributed by atoms with E-state index >= 15 is 0 Å². The van der Waals surface area contributed by atoms with E-state index in [0.717, 1.165) is 16.5 Å². The van der Waals surface area contributed by atoms with Crippen LogP contribution in [-0.4, -0.2) is 83.7 Å². The Morgan fingerprint density at radius 2 is 1.26 bits per heavy atom. The minimum Gasteiger partial charge on any atom is -0.361 e. The molecule has 1 fully saturated rings. The highest BCUT2D eigenvalue weighted by Crippen LogP contribution is 2.20. The van der Waals surface area contributed by atoms with Crippen LogP contribution in [-0.2, 0) is 35.2 Å². The Hall–Kier alpha value is -4.46. The second-order valence-electron chi connectivity index (χ2n) is 14.4. The van der Waals surface area contributed by atoms with E-state index in [1.54, 1.807) is 20.0 Å². The second-order valence-corrected chi connectivity index (χ2v) is 14.4. The number of hydrogen-bond donors (Lipinski definition) is 8. The van der Waals surface area contributed by atoms with E-state index in [-0.39, 0.29) is 43.4 Å². The molecule has 50 heavy (non-hydrogen) atoms. The van der Waals surface area contributed by atoms with Gasteiger partial charge in [0.1, 0.15) is 30.2 Å². The Bertz CT molecular complexity index is 1490. The van der Waals surface area contributed by atoms with Gasteiger partial charge in [-0.3, -0.25) is 28.8 Å². The minimum absolute atomic E-state index is 0.000220. The van der Waals surface area contributed by atoms with Crippen LogP contribution in [0.2, 0.25) is 0 Å². The van der Waals surface area contributed by atoms with Gasteiger partial charge in [0.15, 0.2) is 0 Å². The molecule has 1 aliphatic rings.